The molecule has 0 spiro atoms. The number of halogens is 1. The van der Waals surface area contributed by atoms with Gasteiger partial charge in [-0.15, -0.1) is 11.3 Å². The molecule has 0 bridgehead atoms. The Hall–Kier alpha value is -0.0500. The van der Waals surface area contributed by atoms with Crippen LogP contribution in [0.15, 0.2) is 12.1 Å². The number of rotatable bonds is 3. The molecule has 2 rings (SSSR count). The van der Waals surface area contributed by atoms with Crippen LogP contribution in [-0.4, -0.2) is 11.2 Å². The summed E-state index contributed by atoms with van der Waals surface area (Å²) in [4.78, 5) is 1.20. The van der Waals surface area contributed by atoms with Crippen LogP contribution >= 0.6 is 22.9 Å². The predicted octanol–water partition coefficient (Wildman–Crippen LogP) is 3.74. The third kappa shape index (κ3) is 2.96. The monoisotopic (exact) mass is 244 g/mol. The van der Waals surface area contributed by atoms with Gasteiger partial charge in [-0.1, -0.05) is 24.9 Å². The average molecular weight is 245 g/mol. The van der Waals surface area contributed by atoms with E-state index in [9.17, 15) is 5.11 Å². The lowest BCUT2D eigenvalue weighted by Crippen LogP contribution is -2.20. The molecule has 1 aromatic rings. The summed E-state index contributed by atoms with van der Waals surface area (Å²) >= 11 is 7.44. The first kappa shape index (κ1) is 11.4. The van der Waals surface area contributed by atoms with Crippen molar-refractivity contribution in [2.24, 2.45) is 11.8 Å². The van der Waals surface area contributed by atoms with E-state index in [4.69, 9.17) is 11.6 Å². The van der Waals surface area contributed by atoms with E-state index in [2.05, 4.69) is 6.92 Å². The summed E-state index contributed by atoms with van der Waals surface area (Å²) in [7, 11) is 0. The quantitative estimate of drug-likeness (QED) is 0.859. The fourth-order valence-electron chi connectivity index (χ4n) is 2.43. The molecule has 1 fully saturated rings. The average Bonchev–Trinajstić information content (AvgIpc) is 2.75. The highest BCUT2D eigenvalue weighted by molar-refractivity contribution is 7.16. The lowest BCUT2D eigenvalue weighted by atomic mass is 9.96. The molecule has 3 unspecified atom stereocenters. The van der Waals surface area contributed by atoms with E-state index in [1.165, 1.54) is 24.1 Å². The first-order valence-electron chi connectivity index (χ1n) is 5.57. The van der Waals surface area contributed by atoms with E-state index in [1.54, 1.807) is 11.3 Å². The van der Waals surface area contributed by atoms with Crippen molar-refractivity contribution in [3.8, 4) is 0 Å². The molecule has 1 heterocycles. The van der Waals surface area contributed by atoms with Crippen LogP contribution in [0.5, 0.6) is 0 Å². The first-order valence-corrected chi connectivity index (χ1v) is 6.77. The van der Waals surface area contributed by atoms with Gasteiger partial charge in [0.2, 0.25) is 0 Å². The molecule has 1 nitrogen and oxygen atoms in total. The van der Waals surface area contributed by atoms with Gasteiger partial charge < -0.3 is 5.11 Å². The third-order valence-electron chi connectivity index (χ3n) is 3.32. The van der Waals surface area contributed by atoms with Crippen LogP contribution in [-0.2, 0) is 6.42 Å². The molecule has 0 amide bonds. The summed E-state index contributed by atoms with van der Waals surface area (Å²) in [5.74, 6) is 1.29. The van der Waals surface area contributed by atoms with Crippen molar-refractivity contribution in [3.05, 3.63) is 21.3 Å². The summed E-state index contributed by atoms with van der Waals surface area (Å²) in [6, 6.07) is 3.93. The van der Waals surface area contributed by atoms with Crippen LogP contribution in [0.1, 0.15) is 31.1 Å². The Morgan fingerprint density at radius 1 is 1.53 bits per heavy atom. The molecule has 0 aromatic carbocycles. The molecule has 3 atom stereocenters. The van der Waals surface area contributed by atoms with Gasteiger partial charge in [0.25, 0.3) is 0 Å². The van der Waals surface area contributed by atoms with Crippen molar-refractivity contribution in [2.45, 2.75) is 38.7 Å². The maximum Gasteiger partial charge on any atom is 0.0931 e. The van der Waals surface area contributed by atoms with Gasteiger partial charge in [-0.05, 0) is 36.8 Å². The first-order chi connectivity index (χ1) is 7.15. The van der Waals surface area contributed by atoms with Gasteiger partial charge in [0.1, 0.15) is 0 Å². The van der Waals surface area contributed by atoms with Gasteiger partial charge in [0.05, 0.1) is 10.4 Å². The normalized spacial score (nSPS) is 28.2. The number of aliphatic hydroxyl groups excluding tert-OH is 1. The minimum Gasteiger partial charge on any atom is -0.392 e. The zero-order chi connectivity index (χ0) is 10.8. The number of hydrogen-bond donors (Lipinski definition) is 1. The van der Waals surface area contributed by atoms with Crippen LogP contribution < -0.4 is 0 Å². The standard InChI is InChI=1S/C12H17ClOS/c1-8-2-3-9(6-8)11(14)7-10-4-5-12(13)15-10/h4-5,8-9,11,14H,2-3,6-7H2,1H3. The van der Waals surface area contributed by atoms with Crippen molar-refractivity contribution in [2.75, 3.05) is 0 Å². The lowest BCUT2D eigenvalue weighted by Gasteiger charge is -2.16. The topological polar surface area (TPSA) is 20.2 Å². The molecule has 84 valence electrons. The van der Waals surface area contributed by atoms with Gasteiger partial charge in [-0.2, -0.15) is 0 Å². The van der Waals surface area contributed by atoms with Gasteiger partial charge in [0.15, 0.2) is 0 Å². The maximum absolute atomic E-state index is 10.1. The van der Waals surface area contributed by atoms with Crippen molar-refractivity contribution < 1.29 is 5.11 Å². The fourth-order valence-corrected chi connectivity index (χ4v) is 3.57. The number of aliphatic hydroxyl groups is 1. The molecule has 1 saturated carbocycles. The highest BCUT2D eigenvalue weighted by atomic mass is 35.5. The Balaban J connectivity index is 1.89. The van der Waals surface area contributed by atoms with Crippen molar-refractivity contribution in [1.29, 1.82) is 0 Å². The summed E-state index contributed by atoms with van der Waals surface area (Å²) in [6.07, 6.45) is 4.23. The van der Waals surface area contributed by atoms with E-state index < -0.39 is 0 Å². The zero-order valence-corrected chi connectivity index (χ0v) is 10.5. The van der Waals surface area contributed by atoms with Gasteiger partial charge >= 0.3 is 0 Å². The smallest absolute Gasteiger partial charge is 0.0931 e. The van der Waals surface area contributed by atoms with E-state index in [-0.39, 0.29) is 6.10 Å². The van der Waals surface area contributed by atoms with Crippen LogP contribution in [0.4, 0.5) is 0 Å². The summed E-state index contributed by atoms with van der Waals surface area (Å²) in [6.45, 7) is 2.27. The van der Waals surface area contributed by atoms with E-state index >= 15 is 0 Å². The third-order valence-corrected chi connectivity index (χ3v) is 4.57. The van der Waals surface area contributed by atoms with Gasteiger partial charge in [0, 0.05) is 11.3 Å². The Morgan fingerprint density at radius 2 is 2.33 bits per heavy atom. The second-order valence-electron chi connectivity index (χ2n) is 4.66. The minimum atomic E-state index is -0.176. The Morgan fingerprint density at radius 3 is 2.87 bits per heavy atom. The van der Waals surface area contributed by atoms with Crippen molar-refractivity contribution in [1.82, 2.24) is 0 Å². The molecule has 0 aliphatic heterocycles. The second kappa shape index (κ2) is 4.86. The van der Waals surface area contributed by atoms with E-state index in [0.29, 0.717) is 5.92 Å². The summed E-state index contributed by atoms with van der Waals surface area (Å²) in [5.41, 5.74) is 0. The van der Waals surface area contributed by atoms with E-state index in [1.807, 2.05) is 12.1 Å². The zero-order valence-electron chi connectivity index (χ0n) is 8.95. The molecular formula is C12H17ClOS. The molecule has 15 heavy (non-hydrogen) atoms. The molecular weight excluding hydrogens is 228 g/mol. The minimum absolute atomic E-state index is 0.176. The number of thiophene rings is 1. The second-order valence-corrected chi connectivity index (χ2v) is 6.46. The molecule has 0 saturated heterocycles. The molecule has 3 heteroatoms. The summed E-state index contributed by atoms with van der Waals surface area (Å²) < 4.78 is 0.817. The fraction of sp³-hybridized carbons (Fsp3) is 0.667. The predicted molar refractivity (Wildman–Crippen MR) is 65.5 cm³/mol. The SMILES string of the molecule is CC1CCC(C(O)Cc2ccc(Cl)s2)C1. The molecule has 1 N–H and O–H groups in total. The Bertz CT molecular complexity index is 323. The molecule has 1 aliphatic carbocycles. The van der Waals surface area contributed by atoms with Crippen LogP contribution in [0.2, 0.25) is 4.34 Å². The molecule has 0 radical (unpaired) electrons. The highest BCUT2D eigenvalue weighted by Gasteiger charge is 2.27. The van der Waals surface area contributed by atoms with Gasteiger partial charge in [-0.3, -0.25) is 0 Å². The maximum atomic E-state index is 10.1. The molecule has 1 aromatic heterocycles. The van der Waals surface area contributed by atoms with Gasteiger partial charge in [-0.25, -0.2) is 0 Å². The molecule has 1 aliphatic rings. The van der Waals surface area contributed by atoms with Crippen LogP contribution in [0, 0.1) is 11.8 Å². The Labute approximate surface area is 100 Å². The van der Waals surface area contributed by atoms with Crippen molar-refractivity contribution >= 4 is 22.9 Å². The summed E-state index contributed by atoms with van der Waals surface area (Å²) in [5, 5.41) is 10.1. The largest absolute Gasteiger partial charge is 0.392 e. The Kier molecular flexibility index (Phi) is 3.70. The van der Waals surface area contributed by atoms with Crippen LogP contribution in [0.25, 0.3) is 0 Å². The van der Waals surface area contributed by atoms with Crippen LogP contribution in [0.3, 0.4) is 0 Å². The van der Waals surface area contributed by atoms with E-state index in [0.717, 1.165) is 16.7 Å². The van der Waals surface area contributed by atoms with Crippen molar-refractivity contribution in [3.63, 3.8) is 0 Å². The number of hydrogen-bond acceptors (Lipinski definition) is 2. The lowest BCUT2D eigenvalue weighted by molar-refractivity contribution is 0.110. The highest BCUT2D eigenvalue weighted by Crippen LogP contribution is 2.34.